The minimum atomic E-state index is -0.601. The van der Waals surface area contributed by atoms with E-state index in [2.05, 4.69) is 16.7 Å². The molecule has 2 amide bonds. The predicted molar refractivity (Wildman–Crippen MR) is 174 cm³/mol. The monoisotopic (exact) mass is 616 g/mol. The Kier molecular flexibility index (Phi) is 10.3. The number of nitrogens with zero attached hydrogens (tertiary/aromatic N) is 4. The average molecular weight is 617 g/mol. The maximum atomic E-state index is 14.7. The van der Waals surface area contributed by atoms with E-state index in [0.717, 1.165) is 48.9 Å². The van der Waals surface area contributed by atoms with Crippen molar-refractivity contribution in [3.05, 3.63) is 78.2 Å². The Labute approximate surface area is 267 Å². The first-order valence-electron chi connectivity index (χ1n) is 16.1. The summed E-state index contributed by atoms with van der Waals surface area (Å²) in [6.45, 7) is 7.35. The van der Waals surface area contributed by atoms with Crippen molar-refractivity contribution in [1.29, 1.82) is 0 Å². The summed E-state index contributed by atoms with van der Waals surface area (Å²) in [6, 6.07) is 19.9. The first-order chi connectivity index (χ1) is 21.7. The van der Waals surface area contributed by atoms with Crippen LogP contribution in [0, 0.1) is 0 Å². The Balaban J connectivity index is 1.52. The first-order valence-corrected chi connectivity index (χ1v) is 16.1. The van der Waals surface area contributed by atoms with Crippen molar-refractivity contribution >= 4 is 12.0 Å². The Morgan fingerprint density at radius 2 is 1.69 bits per heavy atom. The van der Waals surface area contributed by atoms with Crippen LogP contribution in [0.5, 0.6) is 0 Å². The zero-order valence-electron chi connectivity index (χ0n) is 27.4. The second-order valence-corrected chi connectivity index (χ2v) is 13.3. The molecule has 0 bridgehead atoms. The van der Waals surface area contributed by atoms with Gasteiger partial charge < -0.3 is 28.6 Å². The molecule has 0 spiro atoms. The highest BCUT2D eigenvalue weighted by molar-refractivity contribution is 5.98. The van der Waals surface area contributed by atoms with Crippen LogP contribution in [0.4, 0.5) is 4.79 Å². The van der Waals surface area contributed by atoms with Gasteiger partial charge in [0.1, 0.15) is 5.60 Å². The summed E-state index contributed by atoms with van der Waals surface area (Å²) >= 11 is 0. The van der Waals surface area contributed by atoms with E-state index in [1.54, 1.807) is 19.1 Å². The molecule has 0 radical (unpaired) electrons. The molecule has 3 atom stereocenters. The van der Waals surface area contributed by atoms with E-state index >= 15 is 0 Å². The number of amides is 2. The third-order valence-electron chi connectivity index (χ3n) is 9.16. The molecule has 242 valence electrons. The van der Waals surface area contributed by atoms with Crippen LogP contribution in [0.1, 0.15) is 75.0 Å². The van der Waals surface area contributed by atoms with Crippen molar-refractivity contribution in [2.45, 2.75) is 82.6 Å². The first kappa shape index (κ1) is 32.7. The lowest BCUT2D eigenvalue weighted by Gasteiger charge is -2.44. The van der Waals surface area contributed by atoms with E-state index in [4.69, 9.17) is 19.2 Å². The second kappa shape index (κ2) is 14.2. The summed E-state index contributed by atoms with van der Waals surface area (Å²) < 4.78 is 19.7. The molecule has 9 heteroatoms. The number of methoxy groups -OCH3 is 2. The molecule has 45 heavy (non-hydrogen) atoms. The number of piperazine rings is 1. The molecule has 1 aliphatic carbocycles. The van der Waals surface area contributed by atoms with Gasteiger partial charge in [0.05, 0.1) is 29.7 Å². The van der Waals surface area contributed by atoms with Gasteiger partial charge in [-0.2, -0.15) is 0 Å². The number of aromatic nitrogens is 2. The number of hydrogen-bond acceptors (Lipinski definition) is 6. The van der Waals surface area contributed by atoms with Crippen LogP contribution in [0.2, 0.25) is 0 Å². The summed E-state index contributed by atoms with van der Waals surface area (Å²) in [5.41, 5.74) is 2.24. The number of hydrogen-bond donors (Lipinski definition) is 0. The lowest BCUT2D eigenvalue weighted by molar-refractivity contribution is -0.0920. The number of rotatable bonds is 9. The molecule has 2 aromatic carbocycles. The van der Waals surface area contributed by atoms with Gasteiger partial charge in [-0.3, -0.25) is 4.79 Å². The summed E-state index contributed by atoms with van der Waals surface area (Å²) in [4.78, 5) is 36.2. The summed E-state index contributed by atoms with van der Waals surface area (Å²) in [5, 5.41) is 0. The molecule has 1 aliphatic heterocycles. The highest BCUT2D eigenvalue weighted by Crippen LogP contribution is 2.45. The predicted octanol–water partition coefficient (Wildman–Crippen LogP) is 6.39. The number of imidazole rings is 1. The van der Waals surface area contributed by atoms with Crippen LogP contribution in [0.15, 0.2) is 67.0 Å². The van der Waals surface area contributed by atoms with Gasteiger partial charge in [-0.1, -0.05) is 73.5 Å². The minimum Gasteiger partial charge on any atom is -0.444 e. The molecule has 1 saturated carbocycles. The topological polar surface area (TPSA) is 86.1 Å². The molecule has 3 aromatic rings. The Hall–Kier alpha value is -3.69. The van der Waals surface area contributed by atoms with Crippen molar-refractivity contribution < 1.29 is 23.8 Å². The molecular weight excluding hydrogens is 568 g/mol. The summed E-state index contributed by atoms with van der Waals surface area (Å²) in [7, 11) is 3.51. The average Bonchev–Trinajstić information content (AvgIpc) is 3.48. The number of carbonyl (C=O) groups is 2. The molecule has 1 saturated heterocycles. The lowest BCUT2D eigenvalue weighted by Crippen LogP contribution is -2.58. The fourth-order valence-corrected chi connectivity index (χ4v) is 6.94. The van der Waals surface area contributed by atoms with Crippen LogP contribution >= 0.6 is 0 Å². The number of benzene rings is 2. The molecule has 1 unspecified atom stereocenters. The van der Waals surface area contributed by atoms with Gasteiger partial charge in [-0.05, 0) is 45.6 Å². The normalized spacial score (nSPS) is 22.3. The van der Waals surface area contributed by atoms with Crippen LogP contribution in [0.3, 0.4) is 0 Å². The standard InChI is InChI=1S/C36H48N4O5/c1-35(2,3)45-34(42)38-21-22-39(29(25-38)24-27-14-8-6-9-15-27)33(41)31-32(28-16-10-7-11-17-28)40(26-37-31)30-18-12-13-19-36(30,44-5)20-23-43-4/h6-11,14-17,26,29-30H,12-13,18-25H2,1-5H3/t29-,30+,36?/m1/s1. The summed E-state index contributed by atoms with van der Waals surface area (Å²) in [6.07, 6.45) is 6.83. The van der Waals surface area contributed by atoms with Crippen molar-refractivity contribution in [3.63, 3.8) is 0 Å². The van der Waals surface area contributed by atoms with Gasteiger partial charge in [-0.25, -0.2) is 9.78 Å². The molecule has 0 N–H and O–H groups in total. The minimum absolute atomic E-state index is 0.000197. The zero-order valence-corrected chi connectivity index (χ0v) is 27.4. The molecule has 2 aliphatic rings. The van der Waals surface area contributed by atoms with E-state index in [0.29, 0.717) is 38.4 Å². The number of ether oxygens (including phenoxy) is 3. The van der Waals surface area contributed by atoms with Gasteiger partial charge in [0.25, 0.3) is 5.91 Å². The Morgan fingerprint density at radius 3 is 2.36 bits per heavy atom. The third kappa shape index (κ3) is 7.42. The van der Waals surface area contributed by atoms with E-state index < -0.39 is 11.2 Å². The zero-order chi connectivity index (χ0) is 32.0. The van der Waals surface area contributed by atoms with Crippen molar-refractivity contribution in [2.24, 2.45) is 0 Å². The van der Waals surface area contributed by atoms with Gasteiger partial charge in [-0.15, -0.1) is 0 Å². The Morgan fingerprint density at radius 1 is 0.978 bits per heavy atom. The largest absolute Gasteiger partial charge is 0.444 e. The molecule has 2 fully saturated rings. The maximum Gasteiger partial charge on any atom is 0.410 e. The van der Waals surface area contributed by atoms with Gasteiger partial charge in [0, 0.05) is 52.4 Å². The molecule has 2 heterocycles. The molecule has 1 aromatic heterocycles. The van der Waals surface area contributed by atoms with Crippen molar-refractivity contribution in [3.8, 4) is 11.3 Å². The quantitative estimate of drug-likeness (QED) is 0.277. The van der Waals surface area contributed by atoms with Crippen LogP contribution in [-0.4, -0.2) is 89.1 Å². The van der Waals surface area contributed by atoms with E-state index in [1.807, 2.05) is 80.5 Å². The lowest BCUT2D eigenvalue weighted by atomic mass is 9.77. The SMILES string of the molecule is COCCC1(OC)CCCC[C@@H]1n1cnc(C(=O)N2CCN(C(=O)OC(C)(C)C)C[C@H]2Cc2ccccc2)c1-c1ccccc1. The highest BCUT2D eigenvalue weighted by atomic mass is 16.6. The van der Waals surface area contributed by atoms with E-state index in [-0.39, 0.29) is 24.1 Å². The fourth-order valence-electron chi connectivity index (χ4n) is 6.94. The second-order valence-electron chi connectivity index (χ2n) is 13.3. The van der Waals surface area contributed by atoms with Crippen LogP contribution < -0.4 is 0 Å². The van der Waals surface area contributed by atoms with Crippen LogP contribution in [-0.2, 0) is 20.6 Å². The molecule has 5 rings (SSSR count). The van der Waals surface area contributed by atoms with E-state index in [1.165, 1.54) is 0 Å². The third-order valence-corrected chi connectivity index (χ3v) is 9.16. The van der Waals surface area contributed by atoms with Crippen molar-refractivity contribution in [1.82, 2.24) is 19.4 Å². The van der Waals surface area contributed by atoms with Gasteiger partial charge >= 0.3 is 6.09 Å². The smallest absolute Gasteiger partial charge is 0.410 e. The number of carbonyl (C=O) groups excluding carboxylic acids is 2. The molecule has 9 nitrogen and oxygen atoms in total. The Bertz CT molecular complexity index is 1420. The van der Waals surface area contributed by atoms with Gasteiger partial charge in [0.2, 0.25) is 0 Å². The van der Waals surface area contributed by atoms with E-state index in [9.17, 15) is 9.59 Å². The maximum absolute atomic E-state index is 14.7. The van der Waals surface area contributed by atoms with Crippen molar-refractivity contribution in [2.75, 3.05) is 40.5 Å². The fraction of sp³-hybridized carbons (Fsp3) is 0.528. The van der Waals surface area contributed by atoms with Gasteiger partial charge in [0.15, 0.2) is 5.69 Å². The van der Waals surface area contributed by atoms with Crippen LogP contribution in [0.25, 0.3) is 11.3 Å². The molecular formula is C36H48N4O5. The highest BCUT2D eigenvalue weighted by Gasteiger charge is 2.44. The summed E-state index contributed by atoms with van der Waals surface area (Å²) in [5.74, 6) is -0.131.